The van der Waals surface area contributed by atoms with E-state index in [9.17, 15) is 0 Å². The predicted molar refractivity (Wildman–Crippen MR) is 40.3 cm³/mol. The maximum Gasteiger partial charge on any atom is 0.0718 e. The number of hydrogen-bond donors (Lipinski definition) is 1. The SMILES string of the molecule is CCC(O)/C=C\C(C)C. The van der Waals surface area contributed by atoms with Gasteiger partial charge in [-0.1, -0.05) is 32.9 Å². The van der Waals surface area contributed by atoms with E-state index in [1.165, 1.54) is 0 Å². The molecule has 0 radical (unpaired) electrons. The van der Waals surface area contributed by atoms with Gasteiger partial charge >= 0.3 is 0 Å². The molecule has 1 heteroatoms. The zero-order chi connectivity index (χ0) is 7.28. The van der Waals surface area contributed by atoms with Crippen molar-refractivity contribution in [3.05, 3.63) is 12.2 Å². The number of aliphatic hydroxyl groups is 1. The number of aliphatic hydroxyl groups excluding tert-OH is 1. The molecular formula is C8H16O. The second kappa shape index (κ2) is 4.57. The average molecular weight is 128 g/mol. The Labute approximate surface area is 57.4 Å². The molecule has 0 bridgehead atoms. The van der Waals surface area contributed by atoms with Crippen LogP contribution in [0, 0.1) is 5.92 Å². The lowest BCUT2D eigenvalue weighted by molar-refractivity contribution is 0.218. The van der Waals surface area contributed by atoms with Crippen molar-refractivity contribution in [2.75, 3.05) is 0 Å². The van der Waals surface area contributed by atoms with E-state index in [4.69, 9.17) is 5.11 Å². The van der Waals surface area contributed by atoms with Crippen LogP contribution in [-0.2, 0) is 0 Å². The molecule has 0 fully saturated rings. The van der Waals surface area contributed by atoms with Crippen molar-refractivity contribution in [1.82, 2.24) is 0 Å². The molecule has 0 saturated carbocycles. The summed E-state index contributed by atoms with van der Waals surface area (Å²) in [5.41, 5.74) is 0. The Kier molecular flexibility index (Phi) is 4.41. The van der Waals surface area contributed by atoms with E-state index in [1.807, 2.05) is 19.1 Å². The second-order valence-electron chi connectivity index (χ2n) is 2.60. The summed E-state index contributed by atoms with van der Waals surface area (Å²) in [4.78, 5) is 0. The molecule has 54 valence electrons. The van der Waals surface area contributed by atoms with Crippen LogP contribution in [-0.4, -0.2) is 11.2 Å². The van der Waals surface area contributed by atoms with E-state index in [1.54, 1.807) is 0 Å². The van der Waals surface area contributed by atoms with Gasteiger partial charge in [-0.2, -0.15) is 0 Å². The first-order chi connectivity index (χ1) is 4.16. The first-order valence-electron chi connectivity index (χ1n) is 3.53. The summed E-state index contributed by atoms with van der Waals surface area (Å²) in [6.07, 6.45) is 4.44. The minimum atomic E-state index is -0.243. The largest absolute Gasteiger partial charge is 0.389 e. The van der Waals surface area contributed by atoms with Gasteiger partial charge in [-0.3, -0.25) is 0 Å². The van der Waals surface area contributed by atoms with Crippen molar-refractivity contribution in [3.63, 3.8) is 0 Å². The highest BCUT2D eigenvalue weighted by atomic mass is 16.3. The molecule has 0 aliphatic heterocycles. The molecule has 0 rings (SSSR count). The molecule has 0 amide bonds. The average Bonchev–Trinajstić information content (AvgIpc) is 1.83. The van der Waals surface area contributed by atoms with Gasteiger partial charge in [0, 0.05) is 0 Å². The third-order valence-corrected chi connectivity index (χ3v) is 1.14. The lowest BCUT2D eigenvalue weighted by Gasteiger charge is -1.99. The van der Waals surface area contributed by atoms with Crippen molar-refractivity contribution >= 4 is 0 Å². The molecule has 0 aliphatic carbocycles. The molecule has 0 heterocycles. The monoisotopic (exact) mass is 128 g/mol. The smallest absolute Gasteiger partial charge is 0.0718 e. The van der Waals surface area contributed by atoms with E-state index < -0.39 is 0 Å². The molecule has 0 saturated heterocycles. The van der Waals surface area contributed by atoms with Gasteiger partial charge in [-0.25, -0.2) is 0 Å². The standard InChI is InChI=1S/C8H16O/c1-4-8(9)6-5-7(2)3/h5-9H,4H2,1-3H3/b6-5-. The van der Waals surface area contributed by atoms with Crippen molar-refractivity contribution in [1.29, 1.82) is 0 Å². The maximum atomic E-state index is 9.02. The Morgan fingerprint density at radius 2 is 1.89 bits per heavy atom. The molecule has 1 N–H and O–H groups in total. The number of hydrogen-bond acceptors (Lipinski definition) is 1. The third-order valence-electron chi connectivity index (χ3n) is 1.14. The summed E-state index contributed by atoms with van der Waals surface area (Å²) in [5.74, 6) is 0.547. The second-order valence-corrected chi connectivity index (χ2v) is 2.60. The maximum absolute atomic E-state index is 9.02. The van der Waals surface area contributed by atoms with Crippen LogP contribution in [0.25, 0.3) is 0 Å². The van der Waals surface area contributed by atoms with E-state index in [0.717, 1.165) is 6.42 Å². The molecule has 0 aromatic heterocycles. The first kappa shape index (κ1) is 8.70. The Morgan fingerprint density at radius 3 is 2.22 bits per heavy atom. The Morgan fingerprint density at radius 1 is 1.33 bits per heavy atom. The normalized spacial score (nSPS) is 15.2. The molecule has 0 aliphatic rings. The number of allylic oxidation sites excluding steroid dienone is 1. The van der Waals surface area contributed by atoms with Crippen molar-refractivity contribution in [2.24, 2.45) is 5.92 Å². The first-order valence-corrected chi connectivity index (χ1v) is 3.53. The highest BCUT2D eigenvalue weighted by Crippen LogP contribution is 1.97. The third kappa shape index (κ3) is 5.57. The molecule has 9 heavy (non-hydrogen) atoms. The fourth-order valence-corrected chi connectivity index (χ4v) is 0.487. The van der Waals surface area contributed by atoms with Gasteiger partial charge in [-0.05, 0) is 12.3 Å². The fraction of sp³-hybridized carbons (Fsp3) is 0.750. The topological polar surface area (TPSA) is 20.2 Å². The van der Waals surface area contributed by atoms with Gasteiger partial charge in [0.1, 0.15) is 0 Å². The van der Waals surface area contributed by atoms with Crippen LogP contribution in [0.3, 0.4) is 0 Å². The van der Waals surface area contributed by atoms with E-state index in [2.05, 4.69) is 13.8 Å². The van der Waals surface area contributed by atoms with Crippen LogP contribution < -0.4 is 0 Å². The fourth-order valence-electron chi connectivity index (χ4n) is 0.487. The van der Waals surface area contributed by atoms with Gasteiger partial charge in [0.05, 0.1) is 6.10 Å². The van der Waals surface area contributed by atoms with Crippen molar-refractivity contribution in [3.8, 4) is 0 Å². The van der Waals surface area contributed by atoms with Crippen LogP contribution in [0.4, 0.5) is 0 Å². The van der Waals surface area contributed by atoms with E-state index in [0.29, 0.717) is 5.92 Å². The van der Waals surface area contributed by atoms with Crippen LogP contribution in [0.15, 0.2) is 12.2 Å². The van der Waals surface area contributed by atoms with Gasteiger partial charge in [-0.15, -0.1) is 0 Å². The molecular weight excluding hydrogens is 112 g/mol. The summed E-state index contributed by atoms with van der Waals surface area (Å²) in [7, 11) is 0. The lowest BCUT2D eigenvalue weighted by Crippen LogP contribution is -1.98. The van der Waals surface area contributed by atoms with Crippen molar-refractivity contribution < 1.29 is 5.11 Å². The van der Waals surface area contributed by atoms with E-state index in [-0.39, 0.29) is 6.10 Å². The van der Waals surface area contributed by atoms with Gasteiger partial charge in [0.25, 0.3) is 0 Å². The van der Waals surface area contributed by atoms with Gasteiger partial charge in [0.2, 0.25) is 0 Å². The van der Waals surface area contributed by atoms with Gasteiger partial charge in [0.15, 0.2) is 0 Å². The summed E-state index contributed by atoms with van der Waals surface area (Å²) in [6.45, 7) is 6.16. The Balaban J connectivity index is 3.43. The van der Waals surface area contributed by atoms with Crippen LogP contribution >= 0.6 is 0 Å². The molecule has 0 aromatic rings. The minimum absolute atomic E-state index is 0.243. The molecule has 0 spiro atoms. The predicted octanol–water partition coefficient (Wildman–Crippen LogP) is 1.97. The quantitative estimate of drug-likeness (QED) is 0.576. The van der Waals surface area contributed by atoms with Crippen molar-refractivity contribution in [2.45, 2.75) is 33.3 Å². The summed E-state index contributed by atoms with van der Waals surface area (Å²) in [6, 6.07) is 0. The minimum Gasteiger partial charge on any atom is -0.389 e. The highest BCUT2D eigenvalue weighted by Gasteiger charge is 1.91. The Hall–Kier alpha value is -0.300. The number of rotatable bonds is 3. The van der Waals surface area contributed by atoms with Crippen LogP contribution in [0.1, 0.15) is 27.2 Å². The molecule has 1 unspecified atom stereocenters. The summed E-state index contributed by atoms with van der Waals surface area (Å²) in [5, 5.41) is 9.02. The lowest BCUT2D eigenvalue weighted by atomic mass is 10.1. The summed E-state index contributed by atoms with van der Waals surface area (Å²) >= 11 is 0. The van der Waals surface area contributed by atoms with Crippen LogP contribution in [0.5, 0.6) is 0 Å². The van der Waals surface area contributed by atoms with Crippen LogP contribution in [0.2, 0.25) is 0 Å². The van der Waals surface area contributed by atoms with E-state index >= 15 is 0 Å². The highest BCUT2D eigenvalue weighted by molar-refractivity contribution is 4.89. The Bertz CT molecular complexity index is 84.6. The zero-order valence-corrected chi connectivity index (χ0v) is 6.46. The zero-order valence-electron chi connectivity index (χ0n) is 6.46. The summed E-state index contributed by atoms with van der Waals surface area (Å²) < 4.78 is 0. The molecule has 1 atom stereocenters. The molecule has 0 aromatic carbocycles. The molecule has 1 nitrogen and oxygen atoms in total. The van der Waals surface area contributed by atoms with Gasteiger partial charge < -0.3 is 5.11 Å².